The number of rotatable bonds is 8. The number of carbonyl (C=O) groups excluding carboxylic acids is 2. The summed E-state index contributed by atoms with van der Waals surface area (Å²) in [6.45, 7) is -0.483. The fraction of sp³-hybridized carbons (Fsp3) is 0.150. The SMILES string of the molecule is O=C(COC(=O)CCc1ncc(-c2ccccc2)o1)Nc1ccc([N+](=O)[O-])cc1Br. The van der Waals surface area contributed by atoms with E-state index in [4.69, 9.17) is 9.15 Å². The highest BCUT2D eigenvalue weighted by atomic mass is 79.9. The fourth-order valence-corrected chi connectivity index (χ4v) is 2.96. The Morgan fingerprint density at radius 2 is 1.97 bits per heavy atom. The van der Waals surface area contributed by atoms with Crippen LogP contribution in [0.1, 0.15) is 12.3 Å². The number of esters is 1. The van der Waals surface area contributed by atoms with Crippen molar-refractivity contribution in [1.82, 2.24) is 4.98 Å². The Morgan fingerprint density at radius 1 is 1.20 bits per heavy atom. The van der Waals surface area contributed by atoms with Crippen LogP contribution in [0, 0.1) is 10.1 Å². The summed E-state index contributed by atoms with van der Waals surface area (Å²) < 4.78 is 10.9. The van der Waals surface area contributed by atoms with Crippen LogP contribution in [0.15, 0.2) is 63.6 Å². The van der Waals surface area contributed by atoms with Gasteiger partial charge in [0.2, 0.25) is 0 Å². The van der Waals surface area contributed by atoms with E-state index in [0.29, 0.717) is 21.8 Å². The predicted molar refractivity (Wildman–Crippen MR) is 111 cm³/mol. The van der Waals surface area contributed by atoms with Crippen molar-refractivity contribution >= 4 is 39.2 Å². The van der Waals surface area contributed by atoms with Gasteiger partial charge in [0.15, 0.2) is 18.3 Å². The van der Waals surface area contributed by atoms with Crippen LogP contribution in [0.25, 0.3) is 11.3 Å². The average molecular weight is 474 g/mol. The number of oxazole rings is 1. The molecule has 3 aromatic rings. The Kier molecular flexibility index (Phi) is 6.91. The standard InChI is InChI=1S/C20H16BrN3O6/c21-15-10-14(24(27)28)6-7-16(15)23-18(25)12-29-20(26)9-8-19-22-11-17(30-19)13-4-2-1-3-5-13/h1-7,10-11H,8-9,12H2,(H,23,25). The zero-order chi connectivity index (χ0) is 21.5. The van der Waals surface area contributed by atoms with E-state index in [1.165, 1.54) is 18.2 Å². The fourth-order valence-electron chi connectivity index (χ4n) is 2.49. The molecule has 1 N–H and O–H groups in total. The first-order valence-electron chi connectivity index (χ1n) is 8.82. The van der Waals surface area contributed by atoms with E-state index in [9.17, 15) is 19.7 Å². The van der Waals surface area contributed by atoms with Gasteiger partial charge in [0.1, 0.15) is 0 Å². The summed E-state index contributed by atoms with van der Waals surface area (Å²) >= 11 is 3.15. The molecule has 0 aliphatic carbocycles. The van der Waals surface area contributed by atoms with Gasteiger partial charge in [-0.25, -0.2) is 4.98 Å². The minimum atomic E-state index is -0.577. The van der Waals surface area contributed by atoms with Gasteiger partial charge in [-0.3, -0.25) is 19.7 Å². The van der Waals surface area contributed by atoms with Crippen LogP contribution < -0.4 is 5.32 Å². The van der Waals surface area contributed by atoms with Crippen molar-refractivity contribution in [2.75, 3.05) is 11.9 Å². The first-order chi connectivity index (χ1) is 14.4. The molecule has 0 saturated heterocycles. The summed E-state index contributed by atoms with van der Waals surface area (Å²) in [6, 6.07) is 13.3. The quantitative estimate of drug-likeness (QED) is 0.296. The van der Waals surface area contributed by atoms with Gasteiger partial charge in [-0.2, -0.15) is 0 Å². The highest BCUT2D eigenvalue weighted by Gasteiger charge is 2.14. The van der Waals surface area contributed by atoms with Gasteiger partial charge in [-0.05, 0) is 22.0 Å². The summed E-state index contributed by atoms with van der Waals surface area (Å²) in [6.07, 6.45) is 1.83. The summed E-state index contributed by atoms with van der Waals surface area (Å²) in [4.78, 5) is 38.2. The number of anilines is 1. The molecule has 0 radical (unpaired) electrons. The van der Waals surface area contributed by atoms with E-state index in [-0.39, 0.29) is 18.5 Å². The lowest BCUT2D eigenvalue weighted by atomic mass is 10.2. The molecule has 1 aromatic heterocycles. The van der Waals surface area contributed by atoms with Gasteiger partial charge in [0, 0.05) is 28.6 Å². The predicted octanol–water partition coefficient (Wildman–Crippen LogP) is 4.13. The molecule has 3 rings (SSSR count). The van der Waals surface area contributed by atoms with Gasteiger partial charge >= 0.3 is 5.97 Å². The number of halogens is 1. The molecule has 30 heavy (non-hydrogen) atoms. The van der Waals surface area contributed by atoms with Crippen LogP contribution in [-0.2, 0) is 20.7 Å². The first kappa shape index (κ1) is 21.2. The summed E-state index contributed by atoms with van der Waals surface area (Å²) in [5, 5.41) is 13.2. The maximum Gasteiger partial charge on any atom is 0.306 e. The van der Waals surface area contributed by atoms with Gasteiger partial charge in [-0.1, -0.05) is 30.3 Å². The zero-order valence-electron chi connectivity index (χ0n) is 15.5. The molecule has 10 heteroatoms. The third kappa shape index (κ3) is 5.74. The maximum atomic E-state index is 11.9. The van der Waals surface area contributed by atoms with Crippen molar-refractivity contribution in [3.05, 3.63) is 75.2 Å². The number of carbonyl (C=O) groups is 2. The van der Waals surface area contributed by atoms with Crippen molar-refractivity contribution in [2.24, 2.45) is 0 Å². The molecule has 0 atom stereocenters. The number of aryl methyl sites for hydroxylation is 1. The lowest BCUT2D eigenvalue weighted by Crippen LogP contribution is -2.21. The van der Waals surface area contributed by atoms with Gasteiger partial charge < -0.3 is 14.5 Å². The largest absolute Gasteiger partial charge is 0.456 e. The number of non-ortho nitro benzene ring substituents is 1. The molecule has 1 heterocycles. The third-order valence-corrected chi connectivity index (χ3v) is 4.61. The van der Waals surface area contributed by atoms with Crippen LogP contribution >= 0.6 is 15.9 Å². The number of aromatic nitrogens is 1. The van der Waals surface area contributed by atoms with Crippen molar-refractivity contribution in [2.45, 2.75) is 12.8 Å². The highest BCUT2D eigenvalue weighted by Crippen LogP contribution is 2.27. The van der Waals surface area contributed by atoms with E-state index in [2.05, 4.69) is 26.2 Å². The van der Waals surface area contributed by atoms with E-state index in [1.54, 1.807) is 6.20 Å². The van der Waals surface area contributed by atoms with E-state index in [0.717, 1.165) is 5.56 Å². The molecule has 0 aliphatic rings. The number of ether oxygens (including phenoxy) is 1. The van der Waals surface area contributed by atoms with Crippen LogP contribution in [0.3, 0.4) is 0 Å². The summed E-state index contributed by atoms with van der Waals surface area (Å²) in [5.74, 6) is -0.148. The monoisotopic (exact) mass is 473 g/mol. The molecule has 9 nitrogen and oxygen atoms in total. The molecule has 0 aliphatic heterocycles. The third-order valence-electron chi connectivity index (χ3n) is 3.96. The molecule has 0 bridgehead atoms. The Hall–Kier alpha value is -3.53. The number of hydrogen-bond donors (Lipinski definition) is 1. The normalized spacial score (nSPS) is 10.4. The highest BCUT2D eigenvalue weighted by molar-refractivity contribution is 9.10. The van der Waals surface area contributed by atoms with Gasteiger partial charge in [-0.15, -0.1) is 0 Å². The summed E-state index contributed by atoms with van der Waals surface area (Å²) in [7, 11) is 0. The molecular weight excluding hydrogens is 458 g/mol. The number of benzene rings is 2. The minimum Gasteiger partial charge on any atom is -0.456 e. The Balaban J connectivity index is 1.44. The second-order valence-corrected chi connectivity index (χ2v) is 6.97. The Bertz CT molecular complexity index is 1070. The van der Waals surface area contributed by atoms with Crippen LogP contribution in [0.5, 0.6) is 0 Å². The molecule has 2 aromatic carbocycles. The number of amides is 1. The maximum absolute atomic E-state index is 11.9. The van der Waals surface area contributed by atoms with Crippen molar-refractivity contribution in [1.29, 1.82) is 0 Å². The lowest BCUT2D eigenvalue weighted by Gasteiger charge is -2.08. The number of nitro benzene ring substituents is 1. The Labute approximate surface area is 179 Å². The second-order valence-electron chi connectivity index (χ2n) is 6.11. The van der Waals surface area contributed by atoms with Crippen molar-refractivity contribution in [3.8, 4) is 11.3 Å². The van der Waals surface area contributed by atoms with E-state index in [1.807, 2.05) is 30.3 Å². The van der Waals surface area contributed by atoms with Gasteiger partial charge in [0.05, 0.1) is 23.2 Å². The molecular formula is C20H16BrN3O6. The molecule has 0 unspecified atom stereocenters. The van der Waals surface area contributed by atoms with E-state index >= 15 is 0 Å². The lowest BCUT2D eigenvalue weighted by molar-refractivity contribution is -0.384. The Morgan fingerprint density at radius 3 is 2.67 bits per heavy atom. The van der Waals surface area contributed by atoms with Crippen molar-refractivity contribution in [3.63, 3.8) is 0 Å². The molecule has 154 valence electrons. The zero-order valence-corrected chi connectivity index (χ0v) is 17.1. The second kappa shape index (κ2) is 9.79. The molecule has 1 amide bonds. The number of nitrogens with one attached hydrogen (secondary N) is 1. The van der Waals surface area contributed by atoms with Crippen LogP contribution in [0.4, 0.5) is 11.4 Å². The van der Waals surface area contributed by atoms with Crippen molar-refractivity contribution < 1.29 is 23.7 Å². The number of nitro groups is 1. The molecule has 0 fully saturated rings. The number of nitrogens with zero attached hydrogens (tertiary/aromatic N) is 2. The number of hydrogen-bond acceptors (Lipinski definition) is 7. The topological polar surface area (TPSA) is 125 Å². The van der Waals surface area contributed by atoms with Gasteiger partial charge in [0.25, 0.3) is 11.6 Å². The van der Waals surface area contributed by atoms with Crippen LogP contribution in [-0.4, -0.2) is 28.4 Å². The summed E-state index contributed by atoms with van der Waals surface area (Å²) in [5.41, 5.74) is 1.09. The molecule has 0 saturated carbocycles. The minimum absolute atomic E-state index is 0.00322. The average Bonchev–Trinajstić information content (AvgIpc) is 3.22. The van der Waals surface area contributed by atoms with Crippen LogP contribution in [0.2, 0.25) is 0 Å². The molecule has 0 spiro atoms. The van der Waals surface area contributed by atoms with E-state index < -0.39 is 23.4 Å². The first-order valence-corrected chi connectivity index (χ1v) is 9.61. The smallest absolute Gasteiger partial charge is 0.306 e.